The minimum absolute atomic E-state index is 0.0306. The average molecular weight is 403 g/mol. The Morgan fingerprint density at radius 1 is 1.11 bits per heavy atom. The summed E-state index contributed by atoms with van der Waals surface area (Å²) in [5.41, 5.74) is 0.456. The third kappa shape index (κ3) is 5.10. The number of hydrogen-bond donors (Lipinski definition) is 2. The summed E-state index contributed by atoms with van der Waals surface area (Å²) in [7, 11) is 0. The van der Waals surface area contributed by atoms with Crippen LogP contribution in [-0.2, 0) is 11.4 Å². The van der Waals surface area contributed by atoms with Crippen molar-refractivity contribution >= 4 is 34.5 Å². The second-order valence-electron chi connectivity index (χ2n) is 5.70. The van der Waals surface area contributed by atoms with E-state index in [0.29, 0.717) is 16.4 Å². The lowest BCUT2D eigenvalue weighted by molar-refractivity contribution is -0.114. The van der Waals surface area contributed by atoms with Crippen LogP contribution in [0.4, 0.5) is 20.2 Å². The fraction of sp³-hybridized carbons (Fsp3) is 0.105. The zero-order valence-corrected chi connectivity index (χ0v) is 15.5. The Balaban J connectivity index is 1.62. The van der Waals surface area contributed by atoms with Gasteiger partial charge < -0.3 is 15.4 Å². The van der Waals surface area contributed by atoms with Crippen molar-refractivity contribution in [2.45, 2.75) is 13.5 Å². The molecular formula is C19H15F2N3O3S. The van der Waals surface area contributed by atoms with Crippen LogP contribution in [0.3, 0.4) is 0 Å². The number of carbonyl (C=O) groups is 2. The first-order valence-electron chi connectivity index (χ1n) is 8.12. The van der Waals surface area contributed by atoms with E-state index >= 15 is 0 Å². The summed E-state index contributed by atoms with van der Waals surface area (Å²) in [5, 5.41) is 7.07. The number of aromatic nitrogens is 1. The molecule has 0 atom stereocenters. The van der Waals surface area contributed by atoms with Crippen molar-refractivity contribution in [1.82, 2.24) is 4.98 Å². The second kappa shape index (κ2) is 8.57. The Bertz CT molecular complexity index is 1010. The predicted molar refractivity (Wildman–Crippen MR) is 102 cm³/mol. The topological polar surface area (TPSA) is 80.3 Å². The summed E-state index contributed by atoms with van der Waals surface area (Å²) in [5.74, 6) is -1.39. The summed E-state index contributed by atoms with van der Waals surface area (Å²) >= 11 is 1.24. The number of anilines is 2. The number of carbonyl (C=O) groups excluding carboxylic acids is 2. The van der Waals surface area contributed by atoms with E-state index in [2.05, 4.69) is 15.6 Å². The van der Waals surface area contributed by atoms with Gasteiger partial charge in [-0.25, -0.2) is 13.8 Å². The van der Waals surface area contributed by atoms with Crippen LogP contribution >= 0.6 is 11.3 Å². The van der Waals surface area contributed by atoms with Gasteiger partial charge >= 0.3 is 0 Å². The smallest absolute Gasteiger partial charge is 0.275 e. The molecule has 2 amide bonds. The van der Waals surface area contributed by atoms with Crippen LogP contribution in [-0.4, -0.2) is 16.8 Å². The molecule has 0 unspecified atom stereocenters. The van der Waals surface area contributed by atoms with Crippen molar-refractivity contribution in [2.75, 3.05) is 10.6 Å². The van der Waals surface area contributed by atoms with E-state index in [1.54, 1.807) is 5.38 Å². The van der Waals surface area contributed by atoms with Crippen molar-refractivity contribution in [3.05, 3.63) is 70.2 Å². The van der Waals surface area contributed by atoms with Crippen LogP contribution < -0.4 is 15.4 Å². The van der Waals surface area contributed by atoms with E-state index in [-0.39, 0.29) is 23.8 Å². The van der Waals surface area contributed by atoms with Crippen molar-refractivity contribution in [3.63, 3.8) is 0 Å². The van der Waals surface area contributed by atoms with E-state index in [1.807, 2.05) is 0 Å². The quantitative estimate of drug-likeness (QED) is 0.646. The van der Waals surface area contributed by atoms with Crippen LogP contribution in [0.15, 0.2) is 47.8 Å². The second-order valence-corrected chi connectivity index (χ2v) is 6.64. The number of hydrogen-bond acceptors (Lipinski definition) is 5. The first-order valence-corrected chi connectivity index (χ1v) is 9.00. The molecule has 0 bridgehead atoms. The molecule has 2 aromatic carbocycles. The standard InChI is InChI=1S/C19H15F2N3O3S/c1-11(25)22-16-8-13(4-7-15(16)21)23-19(26)17-10-28-18(24-17)9-27-14-5-2-12(20)3-6-14/h2-8,10H,9H2,1H3,(H,22,25)(H,23,26). The van der Waals surface area contributed by atoms with Crippen molar-refractivity contribution in [2.24, 2.45) is 0 Å². The van der Waals surface area contributed by atoms with E-state index in [9.17, 15) is 18.4 Å². The zero-order valence-electron chi connectivity index (χ0n) is 14.7. The number of halogens is 2. The highest BCUT2D eigenvalue weighted by molar-refractivity contribution is 7.09. The lowest BCUT2D eigenvalue weighted by Gasteiger charge is -2.08. The molecule has 9 heteroatoms. The molecule has 0 aliphatic heterocycles. The lowest BCUT2D eigenvalue weighted by Crippen LogP contribution is -2.14. The van der Waals surface area contributed by atoms with Crippen molar-refractivity contribution < 1.29 is 23.1 Å². The maximum atomic E-state index is 13.7. The molecule has 0 aliphatic rings. The van der Waals surface area contributed by atoms with E-state index in [4.69, 9.17) is 4.74 Å². The average Bonchev–Trinajstić information content (AvgIpc) is 3.13. The maximum absolute atomic E-state index is 13.7. The van der Waals surface area contributed by atoms with Crippen LogP contribution in [0.25, 0.3) is 0 Å². The van der Waals surface area contributed by atoms with Gasteiger partial charge in [0.15, 0.2) is 0 Å². The summed E-state index contributed by atoms with van der Waals surface area (Å²) in [4.78, 5) is 27.6. The Morgan fingerprint density at radius 2 is 1.86 bits per heavy atom. The van der Waals surface area contributed by atoms with Crippen LogP contribution in [0, 0.1) is 11.6 Å². The van der Waals surface area contributed by atoms with Gasteiger partial charge in [0.2, 0.25) is 5.91 Å². The van der Waals surface area contributed by atoms with Gasteiger partial charge in [0.1, 0.15) is 34.7 Å². The number of nitrogens with zero attached hydrogens (tertiary/aromatic N) is 1. The molecule has 0 aliphatic carbocycles. The number of nitrogens with one attached hydrogen (secondary N) is 2. The Hall–Kier alpha value is -3.33. The van der Waals surface area contributed by atoms with Crippen LogP contribution in [0.5, 0.6) is 5.75 Å². The van der Waals surface area contributed by atoms with E-state index in [0.717, 1.165) is 6.07 Å². The number of amides is 2. The molecule has 1 aromatic heterocycles. The van der Waals surface area contributed by atoms with Gasteiger partial charge in [-0.2, -0.15) is 0 Å². The normalized spacial score (nSPS) is 10.4. The van der Waals surface area contributed by atoms with Gasteiger partial charge in [-0.3, -0.25) is 9.59 Å². The molecule has 0 radical (unpaired) electrons. The minimum Gasteiger partial charge on any atom is -0.486 e. The number of benzene rings is 2. The molecule has 28 heavy (non-hydrogen) atoms. The summed E-state index contributed by atoms with van der Waals surface area (Å²) in [6.45, 7) is 1.39. The van der Waals surface area contributed by atoms with E-state index < -0.39 is 17.6 Å². The monoisotopic (exact) mass is 403 g/mol. The van der Waals surface area contributed by atoms with Crippen LogP contribution in [0.2, 0.25) is 0 Å². The van der Waals surface area contributed by atoms with Crippen LogP contribution in [0.1, 0.15) is 22.4 Å². The van der Waals surface area contributed by atoms with Gasteiger partial charge in [0, 0.05) is 18.0 Å². The van der Waals surface area contributed by atoms with Gasteiger partial charge in [-0.1, -0.05) is 0 Å². The highest BCUT2D eigenvalue weighted by atomic mass is 32.1. The molecule has 0 saturated carbocycles. The third-order valence-electron chi connectivity index (χ3n) is 3.50. The zero-order chi connectivity index (χ0) is 20.1. The number of rotatable bonds is 6. The Kier molecular flexibility index (Phi) is 5.95. The molecule has 6 nitrogen and oxygen atoms in total. The third-order valence-corrected chi connectivity index (χ3v) is 4.32. The predicted octanol–water partition coefficient (Wildman–Crippen LogP) is 4.21. The molecule has 2 N–H and O–H groups in total. The number of ether oxygens (including phenoxy) is 1. The molecule has 3 aromatic rings. The van der Waals surface area contributed by atoms with Gasteiger partial charge in [-0.15, -0.1) is 11.3 Å². The van der Waals surface area contributed by atoms with Gasteiger partial charge in [-0.05, 0) is 42.5 Å². The van der Waals surface area contributed by atoms with Gasteiger partial charge in [0.25, 0.3) is 5.91 Å². The highest BCUT2D eigenvalue weighted by Crippen LogP contribution is 2.21. The van der Waals surface area contributed by atoms with E-state index in [1.165, 1.54) is 54.7 Å². The fourth-order valence-electron chi connectivity index (χ4n) is 2.24. The summed E-state index contributed by atoms with van der Waals surface area (Å²) < 4.78 is 32.0. The Labute approximate surface area is 163 Å². The van der Waals surface area contributed by atoms with Gasteiger partial charge in [0.05, 0.1) is 5.69 Å². The lowest BCUT2D eigenvalue weighted by atomic mass is 10.2. The largest absolute Gasteiger partial charge is 0.486 e. The molecule has 0 spiro atoms. The molecule has 144 valence electrons. The first kappa shape index (κ1) is 19.4. The number of thiazole rings is 1. The minimum atomic E-state index is -0.609. The molecular weight excluding hydrogens is 388 g/mol. The Morgan fingerprint density at radius 3 is 2.57 bits per heavy atom. The summed E-state index contributed by atoms with van der Waals surface area (Å²) in [6.07, 6.45) is 0. The highest BCUT2D eigenvalue weighted by Gasteiger charge is 2.13. The first-order chi connectivity index (χ1) is 13.4. The molecule has 0 fully saturated rings. The van der Waals surface area contributed by atoms with Crippen molar-refractivity contribution in [3.8, 4) is 5.75 Å². The summed E-state index contributed by atoms with van der Waals surface area (Å²) in [6, 6.07) is 9.41. The fourth-order valence-corrected chi connectivity index (χ4v) is 2.93. The maximum Gasteiger partial charge on any atom is 0.275 e. The molecule has 0 saturated heterocycles. The van der Waals surface area contributed by atoms with Crippen molar-refractivity contribution in [1.29, 1.82) is 0 Å². The SMILES string of the molecule is CC(=O)Nc1cc(NC(=O)c2csc(COc3ccc(F)cc3)n2)ccc1F. The molecule has 3 rings (SSSR count). The molecule has 1 heterocycles.